The Kier molecular flexibility index (Phi) is 5.05. The molecular formula is C10H12F3NO3. The SMILES string of the molecule is OCC(O)CNc1cc(F)ccc1OC(F)F. The Hall–Kier alpha value is -1.47. The van der Waals surface area contributed by atoms with Gasteiger partial charge in [0.05, 0.1) is 18.4 Å². The van der Waals surface area contributed by atoms with E-state index >= 15 is 0 Å². The Balaban J connectivity index is 2.76. The maximum atomic E-state index is 12.9. The number of rotatable bonds is 6. The molecule has 0 saturated carbocycles. The first-order chi connectivity index (χ1) is 8.02. The summed E-state index contributed by atoms with van der Waals surface area (Å²) >= 11 is 0. The summed E-state index contributed by atoms with van der Waals surface area (Å²) in [5, 5.41) is 20.1. The van der Waals surface area contributed by atoms with Crippen LogP contribution >= 0.6 is 0 Å². The Bertz CT molecular complexity index is 363. The van der Waals surface area contributed by atoms with Crippen molar-refractivity contribution in [3.8, 4) is 5.75 Å². The number of ether oxygens (including phenoxy) is 1. The highest BCUT2D eigenvalue weighted by Crippen LogP contribution is 2.26. The third-order valence-corrected chi connectivity index (χ3v) is 1.90. The van der Waals surface area contributed by atoms with Crippen LogP contribution in [0, 0.1) is 5.82 Å². The van der Waals surface area contributed by atoms with Gasteiger partial charge in [-0.2, -0.15) is 8.78 Å². The molecule has 0 radical (unpaired) electrons. The minimum Gasteiger partial charge on any atom is -0.433 e. The molecule has 0 spiro atoms. The van der Waals surface area contributed by atoms with Crippen molar-refractivity contribution in [2.75, 3.05) is 18.5 Å². The summed E-state index contributed by atoms with van der Waals surface area (Å²) in [5.74, 6) is -0.862. The van der Waals surface area contributed by atoms with Gasteiger partial charge in [0, 0.05) is 12.6 Å². The van der Waals surface area contributed by atoms with Gasteiger partial charge in [-0.3, -0.25) is 0 Å². The molecule has 7 heteroatoms. The molecule has 0 aliphatic rings. The molecule has 0 aliphatic heterocycles. The molecule has 3 N–H and O–H groups in total. The topological polar surface area (TPSA) is 61.7 Å². The molecule has 0 aliphatic carbocycles. The van der Waals surface area contributed by atoms with Crippen molar-refractivity contribution in [3.63, 3.8) is 0 Å². The van der Waals surface area contributed by atoms with E-state index in [4.69, 9.17) is 10.2 Å². The van der Waals surface area contributed by atoms with Crippen LogP contribution in [0.5, 0.6) is 5.75 Å². The average molecular weight is 251 g/mol. The highest BCUT2D eigenvalue weighted by molar-refractivity contribution is 5.56. The van der Waals surface area contributed by atoms with Crippen molar-refractivity contribution in [1.29, 1.82) is 0 Å². The van der Waals surface area contributed by atoms with Gasteiger partial charge in [0.15, 0.2) is 0 Å². The highest BCUT2D eigenvalue weighted by atomic mass is 19.3. The van der Waals surface area contributed by atoms with Crippen molar-refractivity contribution in [3.05, 3.63) is 24.0 Å². The van der Waals surface area contributed by atoms with Crippen LogP contribution in [0.2, 0.25) is 0 Å². The third kappa shape index (κ3) is 4.49. The largest absolute Gasteiger partial charge is 0.433 e. The van der Waals surface area contributed by atoms with Crippen LogP contribution in [0.15, 0.2) is 18.2 Å². The molecule has 17 heavy (non-hydrogen) atoms. The van der Waals surface area contributed by atoms with Crippen LogP contribution in [-0.2, 0) is 0 Å². The number of aliphatic hydroxyl groups excluding tert-OH is 2. The molecule has 1 aromatic rings. The summed E-state index contributed by atoms with van der Waals surface area (Å²) in [5.41, 5.74) is -0.0159. The number of halogens is 3. The quantitative estimate of drug-likeness (QED) is 0.710. The van der Waals surface area contributed by atoms with E-state index in [0.29, 0.717) is 0 Å². The minimum absolute atomic E-state index is 0.0159. The van der Waals surface area contributed by atoms with E-state index in [1.54, 1.807) is 0 Å². The van der Waals surface area contributed by atoms with E-state index in [1.165, 1.54) is 0 Å². The molecule has 0 bridgehead atoms. The van der Waals surface area contributed by atoms with Crippen LogP contribution < -0.4 is 10.1 Å². The predicted molar refractivity (Wildman–Crippen MR) is 54.6 cm³/mol. The maximum absolute atomic E-state index is 12.9. The summed E-state index contributed by atoms with van der Waals surface area (Å²) in [7, 11) is 0. The molecule has 0 fully saturated rings. The van der Waals surface area contributed by atoms with Crippen LogP contribution in [0.25, 0.3) is 0 Å². The lowest BCUT2D eigenvalue weighted by Gasteiger charge is -2.14. The van der Waals surface area contributed by atoms with Gasteiger partial charge in [0.1, 0.15) is 11.6 Å². The molecule has 0 aromatic heterocycles. The molecule has 4 nitrogen and oxygen atoms in total. The Labute approximate surface area is 95.6 Å². The van der Waals surface area contributed by atoms with Crippen molar-refractivity contribution >= 4 is 5.69 Å². The summed E-state index contributed by atoms with van der Waals surface area (Å²) in [6.07, 6.45) is -1.07. The van der Waals surface area contributed by atoms with E-state index in [-0.39, 0.29) is 18.0 Å². The van der Waals surface area contributed by atoms with E-state index in [2.05, 4.69) is 10.1 Å². The van der Waals surface area contributed by atoms with Crippen LogP contribution in [0.4, 0.5) is 18.9 Å². The smallest absolute Gasteiger partial charge is 0.387 e. The monoisotopic (exact) mass is 251 g/mol. The maximum Gasteiger partial charge on any atom is 0.387 e. The number of hydrogen-bond acceptors (Lipinski definition) is 4. The van der Waals surface area contributed by atoms with Gasteiger partial charge in [-0.05, 0) is 12.1 Å². The minimum atomic E-state index is -3.02. The normalized spacial score (nSPS) is 12.6. The van der Waals surface area contributed by atoms with E-state index in [9.17, 15) is 13.2 Å². The van der Waals surface area contributed by atoms with Gasteiger partial charge in [-0.25, -0.2) is 4.39 Å². The Morgan fingerprint density at radius 1 is 1.35 bits per heavy atom. The zero-order valence-corrected chi connectivity index (χ0v) is 8.74. The fourth-order valence-corrected chi connectivity index (χ4v) is 1.13. The fourth-order valence-electron chi connectivity index (χ4n) is 1.13. The molecule has 0 amide bonds. The number of anilines is 1. The second-order valence-corrected chi connectivity index (χ2v) is 3.24. The molecule has 96 valence electrons. The number of benzene rings is 1. The Morgan fingerprint density at radius 2 is 2.06 bits per heavy atom. The first-order valence-corrected chi connectivity index (χ1v) is 4.80. The fraction of sp³-hybridized carbons (Fsp3) is 0.400. The van der Waals surface area contributed by atoms with Gasteiger partial charge >= 0.3 is 6.61 Å². The standard InChI is InChI=1S/C10H12F3NO3/c11-6-1-2-9(17-10(12)13)8(3-6)14-4-7(16)5-15/h1-3,7,10,14-16H,4-5H2. The van der Waals surface area contributed by atoms with Gasteiger partial charge in [-0.1, -0.05) is 0 Å². The number of hydrogen-bond donors (Lipinski definition) is 3. The van der Waals surface area contributed by atoms with E-state index in [0.717, 1.165) is 18.2 Å². The Morgan fingerprint density at radius 3 is 2.65 bits per heavy atom. The first kappa shape index (κ1) is 13.6. The van der Waals surface area contributed by atoms with Crippen molar-refractivity contribution in [1.82, 2.24) is 0 Å². The number of alkyl halides is 2. The molecule has 1 unspecified atom stereocenters. The van der Waals surface area contributed by atoms with Crippen molar-refractivity contribution in [2.24, 2.45) is 0 Å². The van der Waals surface area contributed by atoms with Crippen LogP contribution in [0.3, 0.4) is 0 Å². The summed E-state index contributed by atoms with van der Waals surface area (Å²) in [4.78, 5) is 0. The molecule has 1 aromatic carbocycles. The zero-order valence-electron chi connectivity index (χ0n) is 8.74. The lowest BCUT2D eigenvalue weighted by molar-refractivity contribution is -0.0494. The zero-order chi connectivity index (χ0) is 12.8. The highest BCUT2D eigenvalue weighted by Gasteiger charge is 2.11. The van der Waals surface area contributed by atoms with Gasteiger partial charge in [0.25, 0.3) is 0 Å². The molecule has 0 heterocycles. The molecular weight excluding hydrogens is 239 g/mol. The van der Waals surface area contributed by atoms with Crippen molar-refractivity contribution < 1.29 is 28.1 Å². The average Bonchev–Trinajstić information content (AvgIpc) is 2.28. The summed E-state index contributed by atoms with van der Waals surface area (Å²) < 4.78 is 41.1. The van der Waals surface area contributed by atoms with Gasteiger partial charge < -0.3 is 20.3 Å². The number of nitrogens with one attached hydrogen (secondary N) is 1. The predicted octanol–water partition coefficient (Wildman–Crippen LogP) is 1.19. The lowest BCUT2D eigenvalue weighted by Crippen LogP contribution is -2.23. The molecule has 0 saturated heterocycles. The first-order valence-electron chi connectivity index (χ1n) is 4.80. The third-order valence-electron chi connectivity index (χ3n) is 1.90. The second-order valence-electron chi connectivity index (χ2n) is 3.24. The summed E-state index contributed by atoms with van der Waals surface area (Å²) in [6, 6.07) is 2.99. The second kappa shape index (κ2) is 6.31. The number of aliphatic hydroxyl groups is 2. The summed E-state index contributed by atoms with van der Waals surface area (Å²) in [6.45, 7) is -3.63. The van der Waals surface area contributed by atoms with E-state index < -0.39 is 25.1 Å². The van der Waals surface area contributed by atoms with E-state index in [1.807, 2.05) is 0 Å². The molecule has 1 atom stereocenters. The van der Waals surface area contributed by atoms with Gasteiger partial charge in [-0.15, -0.1) is 0 Å². The van der Waals surface area contributed by atoms with Crippen molar-refractivity contribution in [2.45, 2.75) is 12.7 Å². The van der Waals surface area contributed by atoms with Crippen LogP contribution in [0.1, 0.15) is 0 Å². The molecule has 1 rings (SSSR count). The lowest BCUT2D eigenvalue weighted by atomic mass is 10.2. The van der Waals surface area contributed by atoms with Crippen LogP contribution in [-0.4, -0.2) is 36.1 Å². The van der Waals surface area contributed by atoms with Gasteiger partial charge in [0.2, 0.25) is 0 Å².